The van der Waals surface area contributed by atoms with Crippen LogP contribution in [0, 0.1) is 11.8 Å². The van der Waals surface area contributed by atoms with E-state index in [1.165, 1.54) is 0 Å². The Morgan fingerprint density at radius 2 is 1.49 bits per heavy atom. The van der Waals surface area contributed by atoms with E-state index in [9.17, 15) is 14.4 Å². The third kappa shape index (κ3) is 6.71. The molecule has 2 aromatic heterocycles. The van der Waals surface area contributed by atoms with Gasteiger partial charge in [-0.25, -0.2) is 9.97 Å². The Balaban J connectivity index is 1.10. The lowest BCUT2D eigenvalue weighted by Gasteiger charge is -2.33. The summed E-state index contributed by atoms with van der Waals surface area (Å²) in [6, 6.07) is 15.8. The predicted molar refractivity (Wildman–Crippen MR) is 181 cm³/mol. The smallest absolute Gasteiger partial charge is 0.246 e. The van der Waals surface area contributed by atoms with E-state index in [2.05, 4.69) is 75.8 Å². The molecule has 2 aliphatic rings. The van der Waals surface area contributed by atoms with Crippen LogP contribution in [0.1, 0.15) is 58.2 Å². The van der Waals surface area contributed by atoms with Crippen molar-refractivity contribution in [2.24, 2.45) is 11.8 Å². The molecule has 3 atom stereocenters. The van der Waals surface area contributed by atoms with Crippen LogP contribution in [0.3, 0.4) is 0 Å². The number of nitrogens with zero attached hydrogens (tertiary/aromatic N) is 4. The number of hydrogen-bond donors (Lipinski definition) is 4. The van der Waals surface area contributed by atoms with Crippen LogP contribution in [0.2, 0.25) is 0 Å². The third-order valence-electron chi connectivity index (χ3n) is 9.28. The van der Waals surface area contributed by atoms with E-state index in [0.29, 0.717) is 5.82 Å². The highest BCUT2D eigenvalue weighted by atomic mass is 16.2. The Hall–Kier alpha value is -4.77. The highest BCUT2D eigenvalue weighted by Crippen LogP contribution is 2.33. The fourth-order valence-corrected chi connectivity index (χ4v) is 6.66. The van der Waals surface area contributed by atoms with Crippen molar-refractivity contribution in [1.82, 2.24) is 40.4 Å². The van der Waals surface area contributed by atoms with Gasteiger partial charge in [0.1, 0.15) is 24.2 Å². The molecule has 4 aromatic rings. The number of aromatic amines is 2. The molecule has 11 heteroatoms. The monoisotopic (exact) mass is 636 g/mol. The minimum atomic E-state index is -0.509. The SMILES string of the molecule is CNC(C(=O)N1CCCC1c1ncc(-c2ccc(-c3ccc(-c4cnc(CN5CC(=O)NC(C(C)C)C5=O)[nH]4)cc3)cc2)[nH]1)C(C)C. The molecule has 0 aliphatic carbocycles. The van der Waals surface area contributed by atoms with Crippen molar-refractivity contribution in [1.29, 1.82) is 0 Å². The second-order valence-corrected chi connectivity index (χ2v) is 13.3. The van der Waals surface area contributed by atoms with Gasteiger partial charge in [-0.2, -0.15) is 0 Å². The lowest BCUT2D eigenvalue weighted by Crippen LogP contribution is -2.59. The molecule has 6 rings (SSSR count). The maximum absolute atomic E-state index is 13.3. The van der Waals surface area contributed by atoms with Crippen molar-refractivity contribution in [2.45, 2.75) is 65.2 Å². The predicted octanol–water partition coefficient (Wildman–Crippen LogP) is 4.52. The summed E-state index contributed by atoms with van der Waals surface area (Å²) >= 11 is 0. The number of rotatable bonds is 10. The molecule has 2 aromatic carbocycles. The molecule has 0 radical (unpaired) electrons. The van der Waals surface area contributed by atoms with Gasteiger partial charge in [0.2, 0.25) is 17.7 Å². The van der Waals surface area contributed by atoms with Gasteiger partial charge < -0.3 is 30.4 Å². The molecule has 2 saturated heterocycles. The summed E-state index contributed by atoms with van der Waals surface area (Å²) in [5.41, 5.74) is 5.96. The zero-order valence-corrected chi connectivity index (χ0v) is 27.7. The molecule has 4 heterocycles. The first-order valence-corrected chi connectivity index (χ1v) is 16.5. The molecule has 3 amide bonds. The number of amides is 3. The molecule has 246 valence electrons. The molecular formula is C36H44N8O3. The van der Waals surface area contributed by atoms with E-state index in [1.807, 2.05) is 44.1 Å². The van der Waals surface area contributed by atoms with E-state index in [0.717, 1.165) is 58.9 Å². The van der Waals surface area contributed by atoms with Gasteiger partial charge in [0.05, 0.1) is 42.4 Å². The van der Waals surface area contributed by atoms with Gasteiger partial charge in [0.15, 0.2) is 0 Å². The molecule has 0 saturated carbocycles. The average Bonchev–Trinajstić information content (AvgIpc) is 3.84. The molecule has 2 fully saturated rings. The molecule has 47 heavy (non-hydrogen) atoms. The van der Waals surface area contributed by atoms with E-state index < -0.39 is 6.04 Å². The summed E-state index contributed by atoms with van der Waals surface area (Å²) in [4.78, 5) is 57.8. The molecule has 0 spiro atoms. The van der Waals surface area contributed by atoms with Crippen LogP contribution in [-0.4, -0.2) is 79.7 Å². The van der Waals surface area contributed by atoms with Crippen molar-refractivity contribution in [3.05, 3.63) is 72.6 Å². The Kier molecular flexibility index (Phi) is 9.26. The van der Waals surface area contributed by atoms with E-state index in [-0.39, 0.29) is 54.7 Å². The Labute approximate surface area is 275 Å². The zero-order chi connectivity index (χ0) is 33.2. The van der Waals surface area contributed by atoms with Crippen molar-refractivity contribution in [3.63, 3.8) is 0 Å². The number of hydrogen-bond acceptors (Lipinski definition) is 6. The van der Waals surface area contributed by atoms with Crippen LogP contribution in [0.15, 0.2) is 60.9 Å². The van der Waals surface area contributed by atoms with Crippen LogP contribution < -0.4 is 10.6 Å². The fraction of sp³-hybridized carbons (Fsp3) is 0.417. The molecule has 0 bridgehead atoms. The van der Waals surface area contributed by atoms with Gasteiger partial charge in [-0.1, -0.05) is 76.2 Å². The number of likely N-dealkylation sites (N-methyl/N-ethyl adjacent to an activating group) is 1. The topological polar surface area (TPSA) is 139 Å². The quantitative estimate of drug-likeness (QED) is 0.202. The molecule has 4 N–H and O–H groups in total. The lowest BCUT2D eigenvalue weighted by atomic mass is 10.0. The van der Waals surface area contributed by atoms with Crippen LogP contribution in [-0.2, 0) is 20.9 Å². The largest absolute Gasteiger partial charge is 0.343 e. The van der Waals surface area contributed by atoms with Crippen LogP contribution in [0.5, 0.6) is 0 Å². The van der Waals surface area contributed by atoms with Crippen LogP contribution >= 0.6 is 0 Å². The second-order valence-electron chi connectivity index (χ2n) is 13.3. The van der Waals surface area contributed by atoms with Gasteiger partial charge >= 0.3 is 0 Å². The summed E-state index contributed by atoms with van der Waals surface area (Å²) in [5.74, 6) is 1.59. The second kappa shape index (κ2) is 13.5. The first-order chi connectivity index (χ1) is 22.6. The van der Waals surface area contributed by atoms with Crippen molar-refractivity contribution >= 4 is 17.7 Å². The van der Waals surface area contributed by atoms with Crippen LogP contribution in [0.4, 0.5) is 0 Å². The zero-order valence-electron chi connectivity index (χ0n) is 27.7. The van der Waals surface area contributed by atoms with E-state index in [1.54, 1.807) is 11.1 Å². The average molecular weight is 637 g/mol. The van der Waals surface area contributed by atoms with Crippen molar-refractivity contribution in [2.75, 3.05) is 20.1 Å². The van der Waals surface area contributed by atoms with Gasteiger partial charge in [0, 0.05) is 6.54 Å². The van der Waals surface area contributed by atoms with Gasteiger partial charge in [0.25, 0.3) is 0 Å². The molecule has 2 aliphatic heterocycles. The number of carbonyl (C=O) groups excluding carboxylic acids is 3. The number of aromatic nitrogens is 4. The number of carbonyl (C=O) groups is 3. The Bertz CT molecular complexity index is 1720. The highest BCUT2D eigenvalue weighted by Gasteiger charge is 2.36. The van der Waals surface area contributed by atoms with Crippen LogP contribution in [0.25, 0.3) is 33.6 Å². The number of piperazine rings is 1. The lowest BCUT2D eigenvalue weighted by molar-refractivity contribution is -0.146. The van der Waals surface area contributed by atoms with E-state index >= 15 is 0 Å². The molecular weight excluding hydrogens is 592 g/mol. The van der Waals surface area contributed by atoms with Crippen molar-refractivity contribution < 1.29 is 14.4 Å². The molecule has 11 nitrogen and oxygen atoms in total. The first kappa shape index (κ1) is 32.2. The minimum Gasteiger partial charge on any atom is -0.343 e. The summed E-state index contributed by atoms with van der Waals surface area (Å²) in [7, 11) is 1.85. The fourth-order valence-electron chi connectivity index (χ4n) is 6.66. The number of nitrogens with one attached hydrogen (secondary N) is 4. The minimum absolute atomic E-state index is 0.0156. The maximum atomic E-state index is 13.3. The number of imidazole rings is 2. The number of benzene rings is 2. The summed E-state index contributed by atoms with van der Waals surface area (Å²) in [5, 5.41) is 5.97. The third-order valence-corrected chi connectivity index (χ3v) is 9.28. The van der Waals surface area contributed by atoms with Gasteiger partial charge in [-0.15, -0.1) is 0 Å². The Morgan fingerprint density at radius 3 is 2.09 bits per heavy atom. The number of H-pyrrole nitrogens is 2. The maximum Gasteiger partial charge on any atom is 0.246 e. The standard InChI is InChI=1S/C36H44N8O3/c1-21(2)32(37-5)36(47)44-16-6-7-29(44)34-39-18-28(41-34)26-14-10-24(11-15-26)23-8-12-25(13-9-23)27-17-38-30(40-27)19-43-20-31(45)42-33(22(3)4)35(43)46/h8-15,17-18,21-22,29,32-33,37H,6-7,16,19-20H2,1-5H3,(H,38,40)(H,39,41)(H,42,45). The number of likely N-dealkylation sites (tertiary alicyclic amines) is 1. The molecule has 3 unspecified atom stereocenters. The van der Waals surface area contributed by atoms with Gasteiger partial charge in [-0.05, 0) is 54.0 Å². The van der Waals surface area contributed by atoms with E-state index in [4.69, 9.17) is 4.98 Å². The Morgan fingerprint density at radius 1 is 0.894 bits per heavy atom. The summed E-state index contributed by atoms with van der Waals surface area (Å²) in [6.45, 7) is 9.01. The highest BCUT2D eigenvalue weighted by molar-refractivity contribution is 5.95. The first-order valence-electron chi connectivity index (χ1n) is 16.5. The summed E-state index contributed by atoms with van der Waals surface area (Å²) in [6.07, 6.45) is 5.48. The normalized spacial score (nSPS) is 19.1. The van der Waals surface area contributed by atoms with Crippen molar-refractivity contribution in [3.8, 4) is 33.6 Å². The van der Waals surface area contributed by atoms with Gasteiger partial charge in [-0.3, -0.25) is 14.4 Å². The summed E-state index contributed by atoms with van der Waals surface area (Å²) < 4.78 is 0.